The summed E-state index contributed by atoms with van der Waals surface area (Å²) in [6.07, 6.45) is 0.152. The van der Waals surface area contributed by atoms with Gasteiger partial charge in [-0.15, -0.1) is 0 Å². The van der Waals surface area contributed by atoms with Crippen molar-refractivity contribution in [2.24, 2.45) is 17.0 Å². The third kappa shape index (κ3) is 1.94. The van der Waals surface area contributed by atoms with Crippen LogP contribution in [-0.4, -0.2) is 30.4 Å². The number of imide groups is 1. The third-order valence-corrected chi connectivity index (χ3v) is 5.39. The molecule has 7 heteroatoms. The van der Waals surface area contributed by atoms with Gasteiger partial charge in [-0.2, -0.15) is 0 Å². The molecule has 1 aromatic carbocycles. The second kappa shape index (κ2) is 4.39. The van der Waals surface area contributed by atoms with E-state index in [0.29, 0.717) is 0 Å². The molecule has 0 unspecified atom stereocenters. The minimum absolute atomic E-state index is 0.152. The largest absolute Gasteiger partial charge is 0.278 e. The number of nitrogens with zero attached hydrogens (tertiary/aromatic N) is 1. The van der Waals surface area contributed by atoms with Crippen molar-refractivity contribution in [1.29, 1.82) is 0 Å². The summed E-state index contributed by atoms with van der Waals surface area (Å²) < 4.78 is 22.7. The summed E-state index contributed by atoms with van der Waals surface area (Å²) in [6, 6.07) is 9.12. The van der Waals surface area contributed by atoms with Crippen LogP contribution in [0.2, 0.25) is 0 Å². The summed E-state index contributed by atoms with van der Waals surface area (Å²) in [5.74, 6) is -2.02. The first-order chi connectivity index (χ1) is 9.39. The van der Waals surface area contributed by atoms with E-state index in [-0.39, 0.29) is 18.9 Å². The van der Waals surface area contributed by atoms with Crippen molar-refractivity contribution in [3.05, 3.63) is 35.9 Å². The molecule has 2 N–H and O–H groups in total. The number of carbonyl (C=O) groups is 2. The monoisotopic (exact) mass is 294 g/mol. The highest BCUT2D eigenvalue weighted by molar-refractivity contribution is 7.89. The van der Waals surface area contributed by atoms with Crippen LogP contribution in [0.1, 0.15) is 12.0 Å². The van der Waals surface area contributed by atoms with Crippen LogP contribution in [0.25, 0.3) is 0 Å². The molecule has 1 aromatic rings. The molecule has 0 radical (unpaired) electrons. The Hall–Kier alpha value is -1.73. The zero-order valence-electron chi connectivity index (χ0n) is 10.6. The topological polar surface area (TPSA) is 97.5 Å². The number of likely N-dealkylation sites (tertiary alicyclic amines) is 1. The fourth-order valence-electron chi connectivity index (χ4n) is 2.94. The maximum Gasteiger partial charge on any atom is 0.234 e. The molecule has 3 atom stereocenters. The molecule has 1 heterocycles. The molecule has 3 rings (SSSR count). The van der Waals surface area contributed by atoms with Gasteiger partial charge in [0.2, 0.25) is 21.8 Å². The van der Waals surface area contributed by atoms with Gasteiger partial charge < -0.3 is 0 Å². The first kappa shape index (κ1) is 13.3. The van der Waals surface area contributed by atoms with Crippen molar-refractivity contribution in [1.82, 2.24) is 4.90 Å². The lowest BCUT2D eigenvalue weighted by Crippen LogP contribution is -2.50. The molecule has 0 aromatic heterocycles. The van der Waals surface area contributed by atoms with E-state index in [0.717, 1.165) is 10.5 Å². The molecule has 1 saturated carbocycles. The van der Waals surface area contributed by atoms with E-state index in [9.17, 15) is 18.0 Å². The predicted octanol–water partition coefficient (Wildman–Crippen LogP) is -0.151. The predicted molar refractivity (Wildman–Crippen MR) is 70.5 cm³/mol. The summed E-state index contributed by atoms with van der Waals surface area (Å²) in [6.45, 7) is 0.183. The number of fused-ring (bicyclic) bond motifs is 1. The molecule has 6 nitrogen and oxygen atoms in total. The molecule has 0 spiro atoms. The number of sulfonamides is 1. The summed E-state index contributed by atoms with van der Waals surface area (Å²) in [5, 5.41) is 4.18. The Morgan fingerprint density at radius 2 is 1.80 bits per heavy atom. The van der Waals surface area contributed by atoms with Crippen LogP contribution in [0, 0.1) is 11.8 Å². The Bertz CT molecular complexity index is 671. The SMILES string of the molecule is NS(=O)(=O)[C@H]1C[C@@H]2C(=O)N(Cc3ccccc3)C(=O)[C@@H]21. The average Bonchev–Trinajstić information content (AvgIpc) is 2.48. The van der Waals surface area contributed by atoms with Crippen LogP contribution in [0.5, 0.6) is 0 Å². The van der Waals surface area contributed by atoms with E-state index in [2.05, 4.69) is 0 Å². The van der Waals surface area contributed by atoms with Crippen molar-refractivity contribution in [2.45, 2.75) is 18.2 Å². The summed E-state index contributed by atoms with van der Waals surface area (Å²) in [5.41, 5.74) is 0.836. The lowest BCUT2D eigenvalue weighted by molar-refractivity contribution is -0.140. The molecular formula is C13H14N2O4S. The number of rotatable bonds is 3. The third-order valence-electron chi connectivity index (χ3n) is 4.06. The van der Waals surface area contributed by atoms with Gasteiger partial charge in [-0.05, 0) is 12.0 Å². The Morgan fingerprint density at radius 1 is 1.15 bits per heavy atom. The molecule has 20 heavy (non-hydrogen) atoms. The Morgan fingerprint density at radius 3 is 2.40 bits per heavy atom. The Labute approximate surface area is 116 Å². The highest BCUT2D eigenvalue weighted by Gasteiger charge is 2.61. The zero-order valence-corrected chi connectivity index (χ0v) is 11.4. The molecule has 2 amide bonds. The zero-order chi connectivity index (χ0) is 14.5. The maximum absolute atomic E-state index is 12.2. The van der Waals surface area contributed by atoms with Crippen LogP contribution in [0.15, 0.2) is 30.3 Å². The highest BCUT2D eigenvalue weighted by Crippen LogP contribution is 2.45. The molecule has 0 bridgehead atoms. The van der Waals surface area contributed by atoms with Crippen LogP contribution in [0.3, 0.4) is 0 Å². The van der Waals surface area contributed by atoms with E-state index < -0.39 is 33.0 Å². The summed E-state index contributed by atoms with van der Waals surface area (Å²) in [4.78, 5) is 25.5. The van der Waals surface area contributed by atoms with Gasteiger partial charge in [-0.25, -0.2) is 13.6 Å². The van der Waals surface area contributed by atoms with Gasteiger partial charge in [0.1, 0.15) is 0 Å². The van der Waals surface area contributed by atoms with Gasteiger partial charge in [0.25, 0.3) is 0 Å². The van der Waals surface area contributed by atoms with Crippen LogP contribution < -0.4 is 5.14 Å². The Kier molecular flexibility index (Phi) is 2.91. The molecule has 2 fully saturated rings. The number of hydrogen-bond acceptors (Lipinski definition) is 4. The average molecular weight is 294 g/mol. The van der Waals surface area contributed by atoms with Crippen molar-refractivity contribution >= 4 is 21.8 Å². The highest BCUT2D eigenvalue weighted by atomic mass is 32.2. The molecule has 1 saturated heterocycles. The normalized spacial score (nSPS) is 29.2. The van der Waals surface area contributed by atoms with E-state index >= 15 is 0 Å². The standard InChI is InChI=1S/C13H14N2O4S/c14-20(18,19)10-6-9-11(10)13(17)15(12(9)16)7-8-4-2-1-3-5-8/h1-5,9-11H,6-7H2,(H2,14,18,19)/t9-,10-,11-/m0/s1. The van der Waals surface area contributed by atoms with Crippen molar-refractivity contribution in [3.8, 4) is 0 Å². The van der Waals surface area contributed by atoms with Crippen LogP contribution >= 0.6 is 0 Å². The van der Waals surface area contributed by atoms with Gasteiger partial charge in [-0.3, -0.25) is 14.5 Å². The molecule has 1 aliphatic heterocycles. The first-order valence-corrected chi connectivity index (χ1v) is 7.91. The second-order valence-electron chi connectivity index (χ2n) is 5.24. The number of amides is 2. The number of primary sulfonamides is 1. The van der Waals surface area contributed by atoms with Gasteiger partial charge in [0, 0.05) is 0 Å². The lowest BCUT2D eigenvalue weighted by Gasteiger charge is -2.34. The van der Waals surface area contributed by atoms with E-state index in [1.165, 1.54) is 0 Å². The number of benzene rings is 1. The van der Waals surface area contributed by atoms with E-state index in [1.807, 2.05) is 30.3 Å². The van der Waals surface area contributed by atoms with Gasteiger partial charge in [0.05, 0.1) is 23.6 Å². The van der Waals surface area contributed by atoms with Crippen molar-refractivity contribution < 1.29 is 18.0 Å². The minimum Gasteiger partial charge on any atom is -0.278 e. The van der Waals surface area contributed by atoms with Crippen LogP contribution in [0.4, 0.5) is 0 Å². The van der Waals surface area contributed by atoms with Crippen molar-refractivity contribution in [2.75, 3.05) is 0 Å². The summed E-state index contributed by atoms with van der Waals surface area (Å²) >= 11 is 0. The maximum atomic E-state index is 12.2. The molecular weight excluding hydrogens is 280 g/mol. The van der Waals surface area contributed by atoms with Gasteiger partial charge in [-0.1, -0.05) is 30.3 Å². The number of carbonyl (C=O) groups excluding carboxylic acids is 2. The van der Waals surface area contributed by atoms with Crippen LogP contribution in [-0.2, 0) is 26.2 Å². The second-order valence-corrected chi connectivity index (χ2v) is 7.03. The van der Waals surface area contributed by atoms with E-state index in [1.54, 1.807) is 0 Å². The fourth-order valence-corrected chi connectivity index (χ4v) is 4.13. The summed E-state index contributed by atoms with van der Waals surface area (Å²) in [7, 11) is -3.77. The molecule has 2 aliphatic rings. The lowest BCUT2D eigenvalue weighted by atomic mass is 9.75. The van der Waals surface area contributed by atoms with E-state index in [4.69, 9.17) is 5.14 Å². The first-order valence-electron chi connectivity index (χ1n) is 6.30. The van der Waals surface area contributed by atoms with Crippen molar-refractivity contribution in [3.63, 3.8) is 0 Å². The van der Waals surface area contributed by atoms with Gasteiger partial charge in [0.15, 0.2) is 0 Å². The smallest absolute Gasteiger partial charge is 0.234 e. The minimum atomic E-state index is -3.77. The number of nitrogens with two attached hydrogens (primary N) is 1. The van der Waals surface area contributed by atoms with Gasteiger partial charge >= 0.3 is 0 Å². The fraction of sp³-hybridized carbons (Fsp3) is 0.385. The quantitative estimate of drug-likeness (QED) is 0.784. The Balaban J connectivity index is 1.82. The molecule has 106 valence electrons. The number of hydrogen-bond donors (Lipinski definition) is 1. The molecule has 1 aliphatic carbocycles.